The Bertz CT molecular complexity index is 650. The van der Waals surface area contributed by atoms with E-state index in [4.69, 9.17) is 5.73 Å². The van der Waals surface area contributed by atoms with Gasteiger partial charge in [0.1, 0.15) is 0 Å². The quantitative estimate of drug-likeness (QED) is 0.541. The number of nitrogens with zero attached hydrogens (tertiary/aromatic N) is 2. The highest BCUT2D eigenvalue weighted by atomic mass is 35.5. The Hall–Kier alpha value is -2.21. The zero-order valence-electron chi connectivity index (χ0n) is 12.5. The van der Waals surface area contributed by atoms with Crippen molar-refractivity contribution < 1.29 is 9.72 Å². The van der Waals surface area contributed by atoms with Crippen molar-refractivity contribution in [3.8, 4) is 6.07 Å². The van der Waals surface area contributed by atoms with Gasteiger partial charge in [0.25, 0.3) is 5.69 Å². The molecule has 0 aromatic heterocycles. The predicted octanol–water partition coefficient (Wildman–Crippen LogP) is 0.540. The number of nitriles is 1. The molecule has 2 atom stereocenters. The van der Waals surface area contributed by atoms with Crippen LogP contribution in [0.5, 0.6) is 0 Å². The summed E-state index contributed by atoms with van der Waals surface area (Å²) < 4.78 is 0. The van der Waals surface area contributed by atoms with Gasteiger partial charge in [-0.1, -0.05) is 0 Å². The average Bonchev–Trinajstić information content (AvgIpc) is 2.95. The maximum atomic E-state index is 12.0. The fourth-order valence-electron chi connectivity index (χ4n) is 2.60. The first-order valence-corrected chi connectivity index (χ1v) is 6.87. The summed E-state index contributed by atoms with van der Waals surface area (Å²) >= 11 is 0. The van der Waals surface area contributed by atoms with Crippen molar-refractivity contribution >= 4 is 24.0 Å². The number of hydrogen-bond acceptors (Lipinski definition) is 6. The summed E-state index contributed by atoms with van der Waals surface area (Å²) in [7, 11) is 0. The maximum absolute atomic E-state index is 12.0. The molecule has 1 fully saturated rings. The molecule has 4 N–H and O–H groups in total. The molecule has 0 radical (unpaired) electrons. The van der Waals surface area contributed by atoms with E-state index in [9.17, 15) is 20.2 Å². The minimum atomic E-state index is -0.773. The Labute approximate surface area is 139 Å². The Morgan fingerprint density at radius 1 is 1.61 bits per heavy atom. The molecular formula is C14H18ClN5O3. The zero-order chi connectivity index (χ0) is 16.3. The third-order valence-corrected chi connectivity index (χ3v) is 3.78. The summed E-state index contributed by atoms with van der Waals surface area (Å²) in [6.45, 7) is 2.69. The smallest absolute Gasteiger partial charge is 0.270 e. The topological polar surface area (TPSA) is 134 Å². The van der Waals surface area contributed by atoms with Crippen LogP contribution < -0.4 is 16.4 Å². The summed E-state index contributed by atoms with van der Waals surface area (Å²) in [5.74, 6) is -0.328. The van der Waals surface area contributed by atoms with Gasteiger partial charge in [-0.05, 0) is 31.5 Å². The van der Waals surface area contributed by atoms with Gasteiger partial charge in [-0.25, -0.2) is 0 Å². The van der Waals surface area contributed by atoms with Crippen molar-refractivity contribution in [2.75, 3.05) is 13.1 Å². The number of carbonyl (C=O) groups excluding carboxylic acids is 1. The van der Waals surface area contributed by atoms with Crippen LogP contribution in [-0.2, 0) is 10.3 Å². The highest BCUT2D eigenvalue weighted by molar-refractivity contribution is 5.85. The summed E-state index contributed by atoms with van der Waals surface area (Å²) in [6.07, 6.45) is 0.581. The molecule has 8 nitrogen and oxygen atoms in total. The van der Waals surface area contributed by atoms with Crippen LogP contribution in [0.4, 0.5) is 5.69 Å². The van der Waals surface area contributed by atoms with E-state index in [0.29, 0.717) is 25.1 Å². The molecule has 1 amide bonds. The van der Waals surface area contributed by atoms with Gasteiger partial charge in [-0.15, -0.1) is 12.4 Å². The second-order valence-electron chi connectivity index (χ2n) is 5.39. The first-order valence-electron chi connectivity index (χ1n) is 6.87. The number of nitro groups is 1. The van der Waals surface area contributed by atoms with Crippen molar-refractivity contribution in [1.82, 2.24) is 10.6 Å². The fourth-order valence-corrected chi connectivity index (χ4v) is 2.60. The second-order valence-corrected chi connectivity index (χ2v) is 5.39. The van der Waals surface area contributed by atoms with E-state index in [-0.39, 0.29) is 29.6 Å². The lowest BCUT2D eigenvalue weighted by atomic mass is 9.85. The van der Waals surface area contributed by atoms with E-state index in [2.05, 4.69) is 10.6 Å². The van der Waals surface area contributed by atoms with Gasteiger partial charge < -0.3 is 16.4 Å². The molecule has 0 saturated carbocycles. The fraction of sp³-hybridized carbons (Fsp3) is 0.429. The molecular weight excluding hydrogens is 322 g/mol. The van der Waals surface area contributed by atoms with Crippen LogP contribution in [0.1, 0.15) is 24.5 Å². The standard InChI is InChI=1S/C14H17N5O3.ClH/c1-9(16)13(20)18-14(4-5-17-8-14)12-3-2-11(19(21)22)6-10(12)7-15;/h2-3,6,9,17H,4-5,8,16H2,1H3,(H,18,20);1H/t9-,14+;/m0./s1. The number of carbonyl (C=O) groups is 1. The Morgan fingerprint density at radius 2 is 2.30 bits per heavy atom. The summed E-state index contributed by atoms with van der Waals surface area (Å²) in [5, 5.41) is 26.2. The van der Waals surface area contributed by atoms with Crippen LogP contribution in [0.15, 0.2) is 18.2 Å². The monoisotopic (exact) mass is 339 g/mol. The van der Waals surface area contributed by atoms with Gasteiger partial charge in [-0.2, -0.15) is 5.26 Å². The molecule has 0 spiro atoms. The van der Waals surface area contributed by atoms with Crippen molar-refractivity contribution in [3.63, 3.8) is 0 Å². The molecule has 0 bridgehead atoms. The van der Waals surface area contributed by atoms with Crippen molar-refractivity contribution in [1.29, 1.82) is 5.26 Å². The number of nitrogens with one attached hydrogen (secondary N) is 2. The number of nitrogens with two attached hydrogens (primary N) is 1. The van der Waals surface area contributed by atoms with Crippen molar-refractivity contribution in [2.24, 2.45) is 5.73 Å². The molecule has 1 aliphatic rings. The van der Waals surface area contributed by atoms with Crippen LogP contribution >= 0.6 is 12.4 Å². The first-order chi connectivity index (χ1) is 10.4. The molecule has 1 aromatic carbocycles. The SMILES string of the molecule is C[C@H](N)C(=O)N[C@]1(c2ccc([N+](=O)[O-])cc2C#N)CCNC1.Cl. The summed E-state index contributed by atoms with van der Waals surface area (Å²) in [5.41, 5.74) is 5.43. The zero-order valence-corrected chi connectivity index (χ0v) is 13.4. The predicted molar refractivity (Wildman–Crippen MR) is 86.0 cm³/mol. The highest BCUT2D eigenvalue weighted by Gasteiger charge is 2.39. The molecule has 1 aromatic rings. The molecule has 1 saturated heterocycles. The number of non-ortho nitro benzene ring substituents is 1. The van der Waals surface area contributed by atoms with Crippen LogP contribution in [0, 0.1) is 21.4 Å². The molecule has 2 rings (SSSR count). The average molecular weight is 340 g/mol. The molecule has 9 heteroatoms. The van der Waals surface area contributed by atoms with Crippen LogP contribution in [0.2, 0.25) is 0 Å². The van der Waals surface area contributed by atoms with E-state index in [1.165, 1.54) is 18.2 Å². The number of hydrogen-bond donors (Lipinski definition) is 3. The first kappa shape index (κ1) is 18.8. The largest absolute Gasteiger partial charge is 0.344 e. The van der Waals surface area contributed by atoms with Gasteiger partial charge in [0.15, 0.2) is 0 Å². The van der Waals surface area contributed by atoms with E-state index in [0.717, 1.165) is 0 Å². The number of benzene rings is 1. The van der Waals surface area contributed by atoms with Gasteiger partial charge in [0.05, 0.1) is 28.1 Å². The Morgan fingerprint density at radius 3 is 2.78 bits per heavy atom. The molecule has 0 aliphatic carbocycles. The maximum Gasteiger partial charge on any atom is 0.270 e. The van der Waals surface area contributed by atoms with E-state index < -0.39 is 16.5 Å². The van der Waals surface area contributed by atoms with E-state index in [1.807, 2.05) is 6.07 Å². The Kier molecular flexibility index (Phi) is 6.04. The summed E-state index contributed by atoms with van der Waals surface area (Å²) in [6, 6.07) is 5.40. The lowest BCUT2D eigenvalue weighted by molar-refractivity contribution is -0.384. The number of amides is 1. The lowest BCUT2D eigenvalue weighted by Crippen LogP contribution is -2.52. The van der Waals surface area contributed by atoms with Crippen LogP contribution in [0.25, 0.3) is 0 Å². The van der Waals surface area contributed by atoms with Gasteiger partial charge in [0.2, 0.25) is 5.91 Å². The van der Waals surface area contributed by atoms with Gasteiger partial charge in [-0.3, -0.25) is 14.9 Å². The number of nitro benzene ring substituents is 1. The van der Waals surface area contributed by atoms with Crippen molar-refractivity contribution in [2.45, 2.75) is 24.9 Å². The molecule has 1 heterocycles. The van der Waals surface area contributed by atoms with Crippen LogP contribution in [0.3, 0.4) is 0 Å². The third kappa shape index (κ3) is 3.76. The number of rotatable bonds is 4. The third-order valence-electron chi connectivity index (χ3n) is 3.78. The lowest BCUT2D eigenvalue weighted by Gasteiger charge is -2.31. The molecule has 1 aliphatic heterocycles. The molecule has 0 unspecified atom stereocenters. The summed E-state index contributed by atoms with van der Waals surface area (Å²) in [4.78, 5) is 22.3. The highest BCUT2D eigenvalue weighted by Crippen LogP contribution is 2.32. The normalized spacial score (nSPS) is 20.9. The minimum Gasteiger partial charge on any atom is -0.344 e. The van der Waals surface area contributed by atoms with Crippen molar-refractivity contribution in [3.05, 3.63) is 39.4 Å². The second kappa shape index (κ2) is 7.37. The number of halogens is 1. The van der Waals surface area contributed by atoms with Gasteiger partial charge >= 0.3 is 0 Å². The molecule has 124 valence electrons. The Balaban J connectivity index is 0.00000264. The molecule has 23 heavy (non-hydrogen) atoms. The van der Waals surface area contributed by atoms with Gasteiger partial charge in [0, 0.05) is 18.7 Å². The van der Waals surface area contributed by atoms with E-state index in [1.54, 1.807) is 6.92 Å². The van der Waals surface area contributed by atoms with E-state index >= 15 is 0 Å². The van der Waals surface area contributed by atoms with Crippen LogP contribution in [-0.4, -0.2) is 30.0 Å². The minimum absolute atomic E-state index is 0.